The molecule has 2 heterocycles. The van der Waals surface area contributed by atoms with Gasteiger partial charge in [-0.1, -0.05) is 0 Å². The molecule has 1 aliphatic heterocycles. The van der Waals surface area contributed by atoms with Gasteiger partial charge in [0, 0.05) is 27.2 Å². The van der Waals surface area contributed by atoms with Crippen molar-refractivity contribution in [2.45, 2.75) is 12.8 Å². The van der Waals surface area contributed by atoms with Crippen LogP contribution < -0.4 is 10.2 Å². The maximum absolute atomic E-state index is 4.41. The number of hydrogen-bond acceptors (Lipinski definition) is 4. The Morgan fingerprint density at radius 1 is 1.44 bits per heavy atom. The van der Waals surface area contributed by atoms with Crippen LogP contribution in [0.4, 0.5) is 11.5 Å². The number of likely N-dealkylation sites (tertiary alicyclic amines) is 1. The van der Waals surface area contributed by atoms with Crippen molar-refractivity contribution in [3.05, 3.63) is 18.3 Å². The van der Waals surface area contributed by atoms with Crippen LogP contribution in [-0.4, -0.2) is 50.7 Å². The summed E-state index contributed by atoms with van der Waals surface area (Å²) in [6.45, 7) is 3.50. The zero-order chi connectivity index (χ0) is 13.0. The van der Waals surface area contributed by atoms with Crippen molar-refractivity contribution >= 4 is 11.5 Å². The van der Waals surface area contributed by atoms with Crippen LogP contribution in [0.3, 0.4) is 0 Å². The van der Waals surface area contributed by atoms with Crippen LogP contribution in [0.15, 0.2) is 18.3 Å². The molecule has 0 aromatic carbocycles. The Morgan fingerprint density at radius 2 is 2.28 bits per heavy atom. The minimum Gasteiger partial charge on any atom is -0.383 e. The first-order chi connectivity index (χ1) is 8.65. The van der Waals surface area contributed by atoms with Gasteiger partial charge >= 0.3 is 0 Å². The predicted molar refractivity (Wildman–Crippen MR) is 77.3 cm³/mol. The van der Waals surface area contributed by atoms with Gasteiger partial charge in [-0.05, 0) is 44.5 Å². The highest BCUT2D eigenvalue weighted by atomic mass is 15.1. The van der Waals surface area contributed by atoms with Crippen LogP contribution in [-0.2, 0) is 0 Å². The van der Waals surface area contributed by atoms with E-state index in [1.807, 2.05) is 25.2 Å². The number of nitrogens with one attached hydrogen (secondary N) is 1. The monoisotopic (exact) mass is 248 g/mol. The van der Waals surface area contributed by atoms with Crippen molar-refractivity contribution in [1.82, 2.24) is 9.88 Å². The highest BCUT2D eigenvalue weighted by Crippen LogP contribution is 2.17. The first-order valence-corrected chi connectivity index (χ1v) is 6.71. The fraction of sp³-hybridized carbons (Fsp3) is 0.643. The molecule has 100 valence electrons. The molecule has 0 bridgehead atoms. The first kappa shape index (κ1) is 13.1. The summed E-state index contributed by atoms with van der Waals surface area (Å²) >= 11 is 0. The molecule has 1 aliphatic rings. The highest BCUT2D eigenvalue weighted by Gasteiger charge is 2.16. The molecule has 18 heavy (non-hydrogen) atoms. The molecule has 1 N–H and O–H groups in total. The predicted octanol–water partition coefficient (Wildman–Crippen LogP) is 1.90. The quantitative estimate of drug-likeness (QED) is 0.882. The van der Waals surface area contributed by atoms with E-state index < -0.39 is 0 Å². The number of aromatic nitrogens is 1. The van der Waals surface area contributed by atoms with E-state index >= 15 is 0 Å². The van der Waals surface area contributed by atoms with Crippen LogP contribution in [0.2, 0.25) is 0 Å². The van der Waals surface area contributed by atoms with Crippen LogP contribution in [0.1, 0.15) is 12.8 Å². The van der Waals surface area contributed by atoms with Crippen LogP contribution >= 0.6 is 0 Å². The Kier molecular flexibility index (Phi) is 4.42. The Labute approximate surface area is 110 Å². The summed E-state index contributed by atoms with van der Waals surface area (Å²) in [5, 5.41) is 3.49. The van der Waals surface area contributed by atoms with Gasteiger partial charge in [-0.2, -0.15) is 0 Å². The van der Waals surface area contributed by atoms with E-state index in [9.17, 15) is 0 Å². The molecule has 0 radical (unpaired) electrons. The van der Waals surface area contributed by atoms with Gasteiger partial charge in [0.05, 0.1) is 11.9 Å². The van der Waals surface area contributed by atoms with Crippen LogP contribution in [0, 0.1) is 5.92 Å². The Morgan fingerprint density at radius 3 is 2.89 bits per heavy atom. The molecule has 0 amide bonds. The molecule has 1 aromatic rings. The summed E-state index contributed by atoms with van der Waals surface area (Å²) in [5.74, 6) is 1.76. The van der Waals surface area contributed by atoms with Gasteiger partial charge in [-0.15, -0.1) is 0 Å². The van der Waals surface area contributed by atoms with Gasteiger partial charge in [-0.25, -0.2) is 4.98 Å². The number of rotatable bonds is 4. The zero-order valence-electron chi connectivity index (χ0n) is 11.7. The topological polar surface area (TPSA) is 31.4 Å². The molecule has 0 aliphatic carbocycles. The maximum atomic E-state index is 4.41. The number of piperidine rings is 1. The minimum absolute atomic E-state index is 0.761. The summed E-state index contributed by atoms with van der Waals surface area (Å²) in [4.78, 5) is 8.84. The normalized spacial score (nSPS) is 20.7. The van der Waals surface area contributed by atoms with Crippen molar-refractivity contribution in [3.63, 3.8) is 0 Å². The number of nitrogens with zero attached hydrogens (tertiary/aromatic N) is 3. The molecule has 4 heteroatoms. The molecular formula is C14H24N4. The van der Waals surface area contributed by atoms with E-state index in [0.717, 1.165) is 24.0 Å². The lowest BCUT2D eigenvalue weighted by Gasteiger charge is -2.29. The Bertz CT molecular complexity index is 361. The molecular weight excluding hydrogens is 224 g/mol. The van der Waals surface area contributed by atoms with E-state index in [0.29, 0.717) is 0 Å². The molecule has 0 spiro atoms. The fourth-order valence-electron chi connectivity index (χ4n) is 2.46. The molecule has 1 atom stereocenters. The number of anilines is 2. The second-order valence-corrected chi connectivity index (χ2v) is 5.45. The van der Waals surface area contributed by atoms with E-state index in [4.69, 9.17) is 0 Å². The summed E-state index contributed by atoms with van der Waals surface area (Å²) in [5.41, 5.74) is 1.12. The van der Waals surface area contributed by atoms with Crippen LogP contribution in [0.5, 0.6) is 0 Å². The lowest BCUT2D eigenvalue weighted by Crippen LogP contribution is -2.35. The van der Waals surface area contributed by atoms with Gasteiger partial charge in [0.1, 0.15) is 5.82 Å². The standard InChI is InChI=1S/C14H24N4/c1-17(2)14-7-6-13(10-16-14)15-9-12-5-4-8-18(3)11-12/h6-7,10,12,15H,4-5,8-9,11H2,1-3H3. The summed E-state index contributed by atoms with van der Waals surface area (Å²) in [6.07, 6.45) is 4.57. The lowest BCUT2D eigenvalue weighted by atomic mass is 9.98. The van der Waals surface area contributed by atoms with Gasteiger partial charge in [0.15, 0.2) is 0 Å². The summed E-state index contributed by atoms with van der Waals surface area (Å²) in [6, 6.07) is 4.16. The molecule has 1 fully saturated rings. The third-order valence-electron chi connectivity index (χ3n) is 3.52. The van der Waals surface area contributed by atoms with Gasteiger partial charge < -0.3 is 15.1 Å². The second-order valence-electron chi connectivity index (χ2n) is 5.45. The van der Waals surface area contributed by atoms with Crippen molar-refractivity contribution in [2.24, 2.45) is 5.92 Å². The van der Waals surface area contributed by atoms with E-state index in [-0.39, 0.29) is 0 Å². The van der Waals surface area contributed by atoms with Gasteiger partial charge in [0.2, 0.25) is 0 Å². The summed E-state index contributed by atoms with van der Waals surface area (Å²) < 4.78 is 0. The van der Waals surface area contributed by atoms with Crippen molar-refractivity contribution in [3.8, 4) is 0 Å². The van der Waals surface area contributed by atoms with Gasteiger partial charge in [-0.3, -0.25) is 0 Å². The maximum Gasteiger partial charge on any atom is 0.128 e. The molecule has 4 nitrogen and oxygen atoms in total. The Balaban J connectivity index is 1.82. The third kappa shape index (κ3) is 3.60. The molecule has 2 rings (SSSR count). The number of pyridine rings is 1. The van der Waals surface area contributed by atoms with Crippen molar-refractivity contribution in [2.75, 3.05) is 51.0 Å². The zero-order valence-corrected chi connectivity index (χ0v) is 11.7. The SMILES string of the molecule is CN1CCCC(CNc2ccc(N(C)C)nc2)C1. The molecule has 1 saturated heterocycles. The Hall–Kier alpha value is -1.29. The average molecular weight is 248 g/mol. The molecule has 1 aromatic heterocycles. The van der Waals surface area contributed by atoms with Crippen molar-refractivity contribution in [1.29, 1.82) is 0 Å². The smallest absolute Gasteiger partial charge is 0.128 e. The van der Waals surface area contributed by atoms with Gasteiger partial charge in [0.25, 0.3) is 0 Å². The van der Waals surface area contributed by atoms with E-state index in [2.05, 4.69) is 34.4 Å². The largest absolute Gasteiger partial charge is 0.383 e. The second kappa shape index (κ2) is 6.05. The summed E-state index contributed by atoms with van der Waals surface area (Å²) in [7, 11) is 6.22. The van der Waals surface area contributed by atoms with Crippen molar-refractivity contribution < 1.29 is 0 Å². The number of hydrogen-bond donors (Lipinski definition) is 1. The average Bonchev–Trinajstić information content (AvgIpc) is 2.37. The lowest BCUT2D eigenvalue weighted by molar-refractivity contribution is 0.217. The first-order valence-electron chi connectivity index (χ1n) is 6.71. The van der Waals surface area contributed by atoms with E-state index in [1.54, 1.807) is 0 Å². The molecule has 0 saturated carbocycles. The van der Waals surface area contributed by atoms with E-state index in [1.165, 1.54) is 25.9 Å². The third-order valence-corrected chi connectivity index (χ3v) is 3.52. The minimum atomic E-state index is 0.761. The van der Waals surface area contributed by atoms with Crippen LogP contribution in [0.25, 0.3) is 0 Å². The highest BCUT2D eigenvalue weighted by molar-refractivity contribution is 5.47. The fourth-order valence-corrected chi connectivity index (χ4v) is 2.46. The molecule has 1 unspecified atom stereocenters.